The van der Waals surface area contributed by atoms with Crippen LogP contribution in [-0.4, -0.2) is 34.4 Å². The number of ketones is 1. The van der Waals surface area contributed by atoms with Crippen molar-refractivity contribution < 1.29 is 4.79 Å². The summed E-state index contributed by atoms with van der Waals surface area (Å²) in [6.45, 7) is 11.1. The average Bonchev–Trinajstić information content (AvgIpc) is 2.35. The van der Waals surface area contributed by atoms with E-state index in [1.807, 2.05) is 7.05 Å². The van der Waals surface area contributed by atoms with E-state index in [2.05, 4.69) is 32.3 Å². The van der Waals surface area contributed by atoms with Gasteiger partial charge in [0, 0.05) is 24.8 Å². The van der Waals surface area contributed by atoms with Gasteiger partial charge in [0.2, 0.25) is 0 Å². The highest BCUT2D eigenvalue weighted by atomic mass is 16.1. The van der Waals surface area contributed by atoms with Crippen LogP contribution in [0.2, 0.25) is 0 Å². The predicted molar refractivity (Wildman–Crippen MR) is 77.6 cm³/mol. The van der Waals surface area contributed by atoms with E-state index >= 15 is 0 Å². The summed E-state index contributed by atoms with van der Waals surface area (Å²) in [5, 5.41) is 0. The predicted octanol–water partition coefficient (Wildman–Crippen LogP) is 1.95. The normalized spacial score (nSPS) is 11.6. The fraction of sp³-hybridized carbons (Fsp3) is 0.467. The Balaban J connectivity index is 2.89. The van der Waals surface area contributed by atoms with Gasteiger partial charge in [0.15, 0.2) is 5.78 Å². The maximum Gasteiger partial charge on any atom is 0.261 e. The van der Waals surface area contributed by atoms with Gasteiger partial charge in [0.25, 0.3) is 5.56 Å². The highest BCUT2D eigenvalue weighted by Gasteiger charge is 2.17. The fourth-order valence-electron chi connectivity index (χ4n) is 1.60. The highest BCUT2D eigenvalue weighted by molar-refractivity contribution is 6.03. The lowest BCUT2D eigenvalue weighted by atomic mass is 10.1. The van der Waals surface area contributed by atoms with Gasteiger partial charge in [-0.2, -0.15) is 0 Å². The molecule has 0 spiro atoms. The smallest absolute Gasteiger partial charge is 0.261 e. The van der Waals surface area contributed by atoms with Gasteiger partial charge in [-0.05, 0) is 46.0 Å². The molecule has 1 rings (SSSR count). The summed E-state index contributed by atoms with van der Waals surface area (Å²) < 4.78 is 1.57. The van der Waals surface area contributed by atoms with Gasteiger partial charge >= 0.3 is 0 Å². The van der Waals surface area contributed by atoms with E-state index in [1.54, 1.807) is 16.8 Å². The zero-order valence-electron chi connectivity index (χ0n) is 12.1. The minimum Gasteiger partial charge on any atom is -0.314 e. The lowest BCUT2D eigenvalue weighted by molar-refractivity contribution is 0.104. The molecule has 1 aromatic rings. The van der Waals surface area contributed by atoms with Gasteiger partial charge in [-0.1, -0.05) is 6.58 Å². The first-order valence-corrected chi connectivity index (χ1v) is 6.35. The molecule has 0 unspecified atom stereocenters. The molecular weight excluding hydrogens is 240 g/mol. The fourth-order valence-corrected chi connectivity index (χ4v) is 1.60. The van der Waals surface area contributed by atoms with Crippen LogP contribution in [-0.2, 0) is 6.54 Å². The molecule has 0 fully saturated rings. The Morgan fingerprint density at radius 3 is 2.63 bits per heavy atom. The largest absolute Gasteiger partial charge is 0.314 e. The number of aromatic nitrogens is 1. The van der Waals surface area contributed by atoms with Crippen molar-refractivity contribution in [3.05, 3.63) is 46.9 Å². The molecule has 4 heteroatoms. The molecule has 0 atom stereocenters. The third-order valence-electron chi connectivity index (χ3n) is 3.29. The van der Waals surface area contributed by atoms with E-state index in [0.717, 1.165) is 6.54 Å². The van der Waals surface area contributed by atoms with Crippen LogP contribution in [0.3, 0.4) is 0 Å². The molecule has 0 aromatic carbocycles. The van der Waals surface area contributed by atoms with Crippen molar-refractivity contribution in [2.45, 2.75) is 32.9 Å². The molecular formula is C15H22N2O2. The van der Waals surface area contributed by atoms with Crippen molar-refractivity contribution >= 4 is 5.78 Å². The van der Waals surface area contributed by atoms with Crippen LogP contribution in [0.15, 0.2) is 35.8 Å². The third kappa shape index (κ3) is 3.89. The lowest BCUT2D eigenvalue weighted by Gasteiger charge is -2.31. The van der Waals surface area contributed by atoms with E-state index in [9.17, 15) is 9.59 Å². The molecule has 0 amide bonds. The molecule has 1 heterocycles. The minimum atomic E-state index is -0.330. The van der Waals surface area contributed by atoms with Crippen LogP contribution in [0, 0.1) is 0 Å². The Kier molecular flexibility index (Phi) is 4.84. The maximum absolute atomic E-state index is 12.1. The van der Waals surface area contributed by atoms with Crippen molar-refractivity contribution in [3.63, 3.8) is 0 Å². The summed E-state index contributed by atoms with van der Waals surface area (Å²) in [6.07, 6.45) is 2.88. The second kappa shape index (κ2) is 5.97. The number of nitrogens with zero attached hydrogens (tertiary/aromatic N) is 2. The monoisotopic (exact) mass is 262 g/mol. The van der Waals surface area contributed by atoms with Crippen molar-refractivity contribution in [1.82, 2.24) is 9.47 Å². The van der Waals surface area contributed by atoms with Crippen molar-refractivity contribution in [3.8, 4) is 0 Å². The van der Waals surface area contributed by atoms with Gasteiger partial charge in [-0.3, -0.25) is 14.5 Å². The number of likely N-dealkylation sites (N-methyl/N-ethyl adjacent to an activating group) is 1. The molecule has 0 aliphatic heterocycles. The highest BCUT2D eigenvalue weighted by Crippen LogP contribution is 2.09. The molecule has 0 saturated heterocycles. The summed E-state index contributed by atoms with van der Waals surface area (Å²) >= 11 is 0. The van der Waals surface area contributed by atoms with Gasteiger partial charge in [0.05, 0.1) is 5.56 Å². The molecule has 1 aromatic heterocycles. The third-order valence-corrected chi connectivity index (χ3v) is 3.29. The van der Waals surface area contributed by atoms with E-state index in [4.69, 9.17) is 0 Å². The summed E-state index contributed by atoms with van der Waals surface area (Å²) in [5.41, 5.74) is -0.0244. The Morgan fingerprint density at radius 1 is 1.47 bits per heavy atom. The molecule has 19 heavy (non-hydrogen) atoms. The minimum absolute atomic E-state index is 0.0537. The first-order valence-electron chi connectivity index (χ1n) is 6.35. The summed E-state index contributed by atoms with van der Waals surface area (Å²) in [6, 6.07) is 3.26. The van der Waals surface area contributed by atoms with Crippen LogP contribution in [0.5, 0.6) is 0 Å². The van der Waals surface area contributed by atoms with Crippen LogP contribution in [0.25, 0.3) is 0 Å². The second-order valence-corrected chi connectivity index (χ2v) is 5.58. The number of carbonyl (C=O) groups is 1. The van der Waals surface area contributed by atoms with Crippen LogP contribution < -0.4 is 5.56 Å². The van der Waals surface area contributed by atoms with Gasteiger partial charge in [0.1, 0.15) is 0 Å². The number of pyridine rings is 1. The number of allylic oxidation sites excluding steroid dienone is 1. The quantitative estimate of drug-likeness (QED) is 0.601. The summed E-state index contributed by atoms with van der Waals surface area (Å²) in [5.74, 6) is -0.330. The van der Waals surface area contributed by atoms with Crippen molar-refractivity contribution in [2.24, 2.45) is 0 Å². The topological polar surface area (TPSA) is 42.3 Å². The molecule has 0 bridgehead atoms. The zero-order chi connectivity index (χ0) is 14.6. The van der Waals surface area contributed by atoms with E-state index in [0.29, 0.717) is 6.54 Å². The van der Waals surface area contributed by atoms with Crippen LogP contribution >= 0.6 is 0 Å². The van der Waals surface area contributed by atoms with Crippen molar-refractivity contribution in [2.75, 3.05) is 13.6 Å². The van der Waals surface area contributed by atoms with E-state index in [1.165, 1.54) is 12.1 Å². The maximum atomic E-state index is 12.1. The van der Waals surface area contributed by atoms with Gasteiger partial charge in [-0.25, -0.2) is 0 Å². The summed E-state index contributed by atoms with van der Waals surface area (Å²) in [4.78, 5) is 25.8. The van der Waals surface area contributed by atoms with E-state index < -0.39 is 0 Å². The Labute approximate surface area is 114 Å². The molecule has 4 nitrogen and oxygen atoms in total. The Bertz CT molecular complexity index is 524. The first kappa shape index (κ1) is 15.4. The SMILES string of the molecule is C=CC(=O)c1cccn(CCN(C)C(C)(C)C)c1=O. The summed E-state index contributed by atoms with van der Waals surface area (Å²) in [7, 11) is 2.02. The number of hydrogen-bond donors (Lipinski definition) is 0. The first-order chi connectivity index (χ1) is 8.77. The molecule has 0 radical (unpaired) electrons. The van der Waals surface area contributed by atoms with Crippen molar-refractivity contribution in [1.29, 1.82) is 0 Å². The van der Waals surface area contributed by atoms with Crippen LogP contribution in [0.4, 0.5) is 0 Å². The molecule has 0 aliphatic rings. The molecule has 0 N–H and O–H groups in total. The Hall–Kier alpha value is -1.68. The van der Waals surface area contributed by atoms with Crippen LogP contribution in [0.1, 0.15) is 31.1 Å². The molecule has 0 saturated carbocycles. The van der Waals surface area contributed by atoms with Gasteiger partial charge in [-0.15, -0.1) is 0 Å². The average molecular weight is 262 g/mol. The molecule has 0 aliphatic carbocycles. The number of rotatable bonds is 5. The van der Waals surface area contributed by atoms with E-state index in [-0.39, 0.29) is 22.4 Å². The molecule has 104 valence electrons. The number of hydrogen-bond acceptors (Lipinski definition) is 3. The standard InChI is InChI=1S/C15H22N2O2/c1-6-13(18)12-8-7-9-17(14(12)19)11-10-16(5)15(2,3)4/h6-9H,1,10-11H2,2-5H3. The lowest BCUT2D eigenvalue weighted by Crippen LogP contribution is -2.41. The zero-order valence-corrected chi connectivity index (χ0v) is 12.1. The number of carbonyl (C=O) groups excluding carboxylic acids is 1. The second-order valence-electron chi connectivity index (χ2n) is 5.58. The Morgan fingerprint density at radius 2 is 2.11 bits per heavy atom. The van der Waals surface area contributed by atoms with Gasteiger partial charge < -0.3 is 4.57 Å².